The predicted octanol–water partition coefficient (Wildman–Crippen LogP) is 4.63. The third kappa shape index (κ3) is 2.93. The standard InChI is InChI=1S/C20H13ClO3S/c21-16-10-11-17(24-20(22)13-6-2-1-3-7-13)19-15(16)12-14-8-4-5-9-18(14)25(19)23/h1-11H,12H2. The maximum absolute atomic E-state index is 13.1. The number of halogens is 1. The second-order valence-electron chi connectivity index (χ2n) is 5.66. The third-order valence-electron chi connectivity index (χ3n) is 4.10. The first-order valence-corrected chi connectivity index (χ1v) is 9.26. The second-order valence-corrected chi connectivity index (χ2v) is 7.45. The predicted molar refractivity (Wildman–Crippen MR) is 96.8 cm³/mol. The maximum Gasteiger partial charge on any atom is 0.343 e. The molecule has 3 aromatic carbocycles. The Kier molecular flexibility index (Phi) is 4.25. The zero-order chi connectivity index (χ0) is 17.4. The van der Waals surface area contributed by atoms with Crippen molar-refractivity contribution in [3.05, 3.63) is 88.4 Å². The fourth-order valence-corrected chi connectivity index (χ4v) is 4.67. The van der Waals surface area contributed by atoms with Gasteiger partial charge in [0.2, 0.25) is 4.90 Å². The van der Waals surface area contributed by atoms with Crippen molar-refractivity contribution in [2.24, 2.45) is 0 Å². The van der Waals surface area contributed by atoms with E-state index in [1.54, 1.807) is 36.4 Å². The Morgan fingerprint density at radius 1 is 1.00 bits per heavy atom. The van der Waals surface area contributed by atoms with Crippen molar-refractivity contribution in [2.45, 2.75) is 16.2 Å². The summed E-state index contributed by atoms with van der Waals surface area (Å²) in [6.45, 7) is 0. The Bertz CT molecular complexity index is 956. The van der Waals surface area contributed by atoms with E-state index in [-0.39, 0.29) is 0 Å². The number of ether oxygens (including phenoxy) is 1. The first-order valence-electron chi connectivity index (χ1n) is 7.73. The van der Waals surface area contributed by atoms with Gasteiger partial charge in [-0.05, 0) is 30.3 Å². The molecule has 4 rings (SSSR count). The van der Waals surface area contributed by atoms with Crippen LogP contribution in [-0.2, 0) is 17.6 Å². The van der Waals surface area contributed by atoms with Crippen molar-refractivity contribution in [2.75, 3.05) is 0 Å². The van der Waals surface area contributed by atoms with Crippen molar-refractivity contribution in [1.29, 1.82) is 0 Å². The van der Waals surface area contributed by atoms with Gasteiger partial charge in [-0.1, -0.05) is 48.0 Å². The number of benzene rings is 3. The number of carbonyl (C=O) groups excluding carboxylic acids is 1. The molecule has 0 radical (unpaired) electrons. The molecule has 124 valence electrons. The molecular formula is C20H13ClO3S. The van der Waals surface area contributed by atoms with Crippen molar-refractivity contribution in [1.82, 2.24) is 0 Å². The first-order chi connectivity index (χ1) is 12.1. The van der Waals surface area contributed by atoms with Crippen LogP contribution in [0.1, 0.15) is 21.5 Å². The lowest BCUT2D eigenvalue weighted by Crippen LogP contribution is -2.18. The van der Waals surface area contributed by atoms with Crippen LogP contribution in [-0.4, -0.2) is 10.5 Å². The van der Waals surface area contributed by atoms with Gasteiger partial charge in [0.15, 0.2) is 10.6 Å². The monoisotopic (exact) mass is 368 g/mol. The van der Waals surface area contributed by atoms with E-state index in [0.29, 0.717) is 27.7 Å². The summed E-state index contributed by atoms with van der Waals surface area (Å²) >= 11 is 4.88. The first kappa shape index (κ1) is 16.2. The van der Waals surface area contributed by atoms with Crippen LogP contribution in [0.4, 0.5) is 0 Å². The smallest absolute Gasteiger partial charge is 0.343 e. The van der Waals surface area contributed by atoms with E-state index < -0.39 is 17.1 Å². The molecule has 1 heterocycles. The highest BCUT2D eigenvalue weighted by atomic mass is 35.5. The SMILES string of the molecule is O=C(Oc1ccc(Cl)c2c1[S+]([O-])c1ccccc1C2)c1ccccc1. The maximum atomic E-state index is 13.1. The number of hydrogen-bond donors (Lipinski definition) is 0. The topological polar surface area (TPSA) is 49.4 Å². The molecule has 1 atom stereocenters. The molecule has 3 nitrogen and oxygen atoms in total. The van der Waals surface area contributed by atoms with Crippen LogP contribution in [0.2, 0.25) is 5.02 Å². The van der Waals surface area contributed by atoms with E-state index in [1.807, 2.05) is 30.3 Å². The molecule has 25 heavy (non-hydrogen) atoms. The number of esters is 1. The van der Waals surface area contributed by atoms with Gasteiger partial charge in [-0.2, -0.15) is 0 Å². The molecule has 3 aromatic rings. The van der Waals surface area contributed by atoms with Gasteiger partial charge >= 0.3 is 5.97 Å². The van der Waals surface area contributed by atoms with E-state index in [2.05, 4.69) is 0 Å². The van der Waals surface area contributed by atoms with Crippen LogP contribution in [0, 0.1) is 0 Å². The largest absolute Gasteiger partial charge is 0.606 e. The van der Waals surface area contributed by atoms with Crippen LogP contribution in [0.5, 0.6) is 5.75 Å². The molecular weight excluding hydrogens is 356 g/mol. The molecule has 0 amide bonds. The van der Waals surface area contributed by atoms with Crippen LogP contribution in [0.3, 0.4) is 0 Å². The third-order valence-corrected chi connectivity index (χ3v) is 6.07. The summed E-state index contributed by atoms with van der Waals surface area (Å²) in [5.74, 6) is -0.193. The summed E-state index contributed by atoms with van der Waals surface area (Å²) in [5, 5.41) is 0.525. The lowest BCUT2D eigenvalue weighted by atomic mass is 10.0. The molecule has 1 aliphatic heterocycles. The minimum absolute atomic E-state index is 0.293. The van der Waals surface area contributed by atoms with Gasteiger partial charge in [0.1, 0.15) is 0 Å². The molecule has 0 N–H and O–H groups in total. The fourth-order valence-electron chi connectivity index (χ4n) is 2.89. The van der Waals surface area contributed by atoms with Gasteiger partial charge in [-0.3, -0.25) is 0 Å². The highest BCUT2D eigenvalue weighted by molar-refractivity contribution is 7.91. The Hall–Kier alpha value is -2.27. The molecule has 1 unspecified atom stereocenters. The van der Waals surface area contributed by atoms with Crippen molar-refractivity contribution >= 4 is 28.7 Å². The molecule has 0 bridgehead atoms. The summed E-state index contributed by atoms with van der Waals surface area (Å²) in [7, 11) is 0. The van der Waals surface area contributed by atoms with Gasteiger partial charge in [0.25, 0.3) is 0 Å². The minimum atomic E-state index is -1.45. The average Bonchev–Trinajstić information content (AvgIpc) is 2.65. The molecule has 1 aliphatic rings. The molecule has 0 saturated carbocycles. The Labute approximate surface area is 153 Å². The number of rotatable bonds is 2. The van der Waals surface area contributed by atoms with E-state index in [1.165, 1.54) is 0 Å². The van der Waals surface area contributed by atoms with E-state index in [0.717, 1.165) is 16.0 Å². The molecule has 0 aliphatic carbocycles. The molecule has 5 heteroatoms. The van der Waals surface area contributed by atoms with Crippen LogP contribution in [0.25, 0.3) is 0 Å². The number of fused-ring (bicyclic) bond motifs is 2. The molecule has 0 aromatic heterocycles. The van der Waals surface area contributed by atoms with E-state index in [9.17, 15) is 9.35 Å². The van der Waals surface area contributed by atoms with Crippen LogP contribution < -0.4 is 4.74 Å². The summed E-state index contributed by atoms with van der Waals surface area (Å²) in [6.07, 6.45) is 0.562. The van der Waals surface area contributed by atoms with Crippen molar-refractivity contribution in [3.63, 3.8) is 0 Å². The van der Waals surface area contributed by atoms with Gasteiger partial charge < -0.3 is 9.29 Å². The summed E-state index contributed by atoms with van der Waals surface area (Å²) < 4.78 is 18.6. The highest BCUT2D eigenvalue weighted by Gasteiger charge is 2.34. The van der Waals surface area contributed by atoms with Gasteiger partial charge in [0.05, 0.1) is 5.56 Å². The van der Waals surface area contributed by atoms with Gasteiger partial charge in [0, 0.05) is 33.7 Å². The molecule has 0 fully saturated rings. The second kappa shape index (κ2) is 6.56. The number of carbonyl (C=O) groups is 1. The summed E-state index contributed by atoms with van der Waals surface area (Å²) in [6, 6.07) is 19.5. The lowest BCUT2D eigenvalue weighted by molar-refractivity contribution is 0.0730. The van der Waals surface area contributed by atoms with Crippen LogP contribution >= 0.6 is 11.6 Å². The Balaban J connectivity index is 1.76. The molecule has 0 spiro atoms. The van der Waals surface area contributed by atoms with E-state index in [4.69, 9.17) is 16.3 Å². The van der Waals surface area contributed by atoms with Crippen molar-refractivity contribution in [3.8, 4) is 5.75 Å². The Morgan fingerprint density at radius 2 is 1.72 bits per heavy atom. The fraction of sp³-hybridized carbons (Fsp3) is 0.0500. The number of hydrogen-bond acceptors (Lipinski definition) is 3. The van der Waals surface area contributed by atoms with Gasteiger partial charge in [-0.15, -0.1) is 0 Å². The zero-order valence-corrected chi connectivity index (χ0v) is 14.6. The Morgan fingerprint density at radius 3 is 2.52 bits per heavy atom. The van der Waals surface area contributed by atoms with Crippen LogP contribution in [0.15, 0.2) is 76.5 Å². The lowest BCUT2D eigenvalue weighted by Gasteiger charge is -2.24. The quantitative estimate of drug-likeness (QED) is 0.376. The minimum Gasteiger partial charge on any atom is -0.606 e. The summed E-state index contributed by atoms with van der Waals surface area (Å²) in [5.41, 5.74) is 2.16. The normalized spacial score (nSPS) is 15.2. The van der Waals surface area contributed by atoms with E-state index >= 15 is 0 Å². The highest BCUT2D eigenvalue weighted by Crippen LogP contribution is 2.42. The molecule has 0 saturated heterocycles. The van der Waals surface area contributed by atoms with Crippen molar-refractivity contribution < 1.29 is 14.1 Å². The average molecular weight is 369 g/mol. The summed E-state index contributed by atoms with van der Waals surface area (Å²) in [4.78, 5) is 13.6. The van der Waals surface area contributed by atoms with Gasteiger partial charge in [-0.25, -0.2) is 4.79 Å². The zero-order valence-electron chi connectivity index (χ0n) is 13.1.